The van der Waals surface area contributed by atoms with Crippen molar-refractivity contribution in [2.24, 2.45) is 0 Å². The van der Waals surface area contributed by atoms with Crippen molar-refractivity contribution in [3.05, 3.63) is 53.8 Å². The number of likely N-dealkylation sites (N-methyl/N-ethyl adjacent to an activating group) is 1. The first kappa shape index (κ1) is 13.6. The van der Waals surface area contributed by atoms with Crippen LogP contribution < -0.4 is 15.5 Å². The van der Waals surface area contributed by atoms with Gasteiger partial charge in [-0.05, 0) is 37.4 Å². The van der Waals surface area contributed by atoms with E-state index in [-0.39, 0.29) is 17.8 Å². The molecule has 21 heavy (non-hydrogen) atoms. The molecule has 3 rings (SSSR count). The van der Waals surface area contributed by atoms with Crippen LogP contribution in [0, 0.1) is 5.82 Å². The fourth-order valence-electron chi connectivity index (χ4n) is 2.58. The molecular formula is C16H16FN3O. The zero-order chi connectivity index (χ0) is 15.0. The molecule has 2 N–H and O–H groups in total. The van der Waals surface area contributed by atoms with Crippen LogP contribution >= 0.6 is 0 Å². The molecule has 1 aliphatic heterocycles. The maximum absolute atomic E-state index is 13.3. The Hall–Kier alpha value is -2.40. The first-order valence-electron chi connectivity index (χ1n) is 6.71. The lowest BCUT2D eigenvalue weighted by molar-refractivity contribution is -0.117. The quantitative estimate of drug-likeness (QED) is 0.911. The summed E-state index contributed by atoms with van der Waals surface area (Å²) in [6.07, 6.45) is 0. The van der Waals surface area contributed by atoms with Gasteiger partial charge >= 0.3 is 0 Å². The SMILES string of the molecule is CNC1C(=O)Nc2cc(N(C)c3cccc(F)c3)ccc21. The van der Waals surface area contributed by atoms with Crippen molar-refractivity contribution in [2.75, 3.05) is 24.3 Å². The van der Waals surface area contributed by atoms with Gasteiger partial charge in [-0.1, -0.05) is 12.1 Å². The number of anilines is 3. The van der Waals surface area contributed by atoms with E-state index in [9.17, 15) is 9.18 Å². The third kappa shape index (κ3) is 2.36. The molecule has 1 heterocycles. The van der Waals surface area contributed by atoms with E-state index >= 15 is 0 Å². The van der Waals surface area contributed by atoms with Gasteiger partial charge in [-0.25, -0.2) is 4.39 Å². The molecule has 0 fully saturated rings. The lowest BCUT2D eigenvalue weighted by Gasteiger charge is -2.20. The van der Waals surface area contributed by atoms with E-state index in [4.69, 9.17) is 0 Å². The number of rotatable bonds is 3. The van der Waals surface area contributed by atoms with Crippen LogP contribution in [-0.2, 0) is 4.79 Å². The van der Waals surface area contributed by atoms with E-state index in [1.54, 1.807) is 13.1 Å². The summed E-state index contributed by atoms with van der Waals surface area (Å²) in [5.41, 5.74) is 3.36. The summed E-state index contributed by atoms with van der Waals surface area (Å²) >= 11 is 0. The molecule has 4 nitrogen and oxygen atoms in total. The Morgan fingerprint density at radius 2 is 1.95 bits per heavy atom. The summed E-state index contributed by atoms with van der Waals surface area (Å²) in [6.45, 7) is 0. The monoisotopic (exact) mass is 285 g/mol. The molecule has 5 heteroatoms. The second kappa shape index (κ2) is 5.18. The predicted molar refractivity (Wildman–Crippen MR) is 81.3 cm³/mol. The van der Waals surface area contributed by atoms with Crippen molar-refractivity contribution < 1.29 is 9.18 Å². The van der Waals surface area contributed by atoms with Crippen molar-refractivity contribution in [1.82, 2.24) is 5.32 Å². The fraction of sp³-hybridized carbons (Fsp3) is 0.188. The molecule has 2 aromatic rings. The average molecular weight is 285 g/mol. The van der Waals surface area contributed by atoms with Crippen molar-refractivity contribution in [1.29, 1.82) is 0 Å². The molecule has 1 atom stereocenters. The molecule has 2 aromatic carbocycles. The Balaban J connectivity index is 1.95. The number of hydrogen-bond acceptors (Lipinski definition) is 3. The second-order valence-corrected chi connectivity index (χ2v) is 5.02. The standard InChI is InChI=1S/C16H16FN3O/c1-18-15-13-7-6-12(9-14(13)19-16(15)21)20(2)11-5-3-4-10(17)8-11/h3-9,15,18H,1-2H3,(H,19,21). The minimum Gasteiger partial charge on any atom is -0.344 e. The van der Waals surface area contributed by atoms with Gasteiger partial charge in [0.1, 0.15) is 11.9 Å². The zero-order valence-corrected chi connectivity index (χ0v) is 11.9. The first-order chi connectivity index (χ1) is 10.1. The summed E-state index contributed by atoms with van der Waals surface area (Å²) in [6, 6.07) is 11.8. The molecule has 0 saturated heterocycles. The molecule has 1 amide bonds. The molecule has 0 aliphatic carbocycles. The van der Waals surface area contributed by atoms with Crippen molar-refractivity contribution >= 4 is 23.0 Å². The maximum Gasteiger partial charge on any atom is 0.246 e. The Morgan fingerprint density at radius 3 is 2.67 bits per heavy atom. The minimum absolute atomic E-state index is 0.0574. The van der Waals surface area contributed by atoms with E-state index in [1.807, 2.05) is 36.2 Å². The van der Waals surface area contributed by atoms with Crippen molar-refractivity contribution in [3.63, 3.8) is 0 Å². The lowest BCUT2D eigenvalue weighted by atomic mass is 10.1. The maximum atomic E-state index is 13.3. The Bertz CT molecular complexity index is 702. The third-order valence-corrected chi connectivity index (χ3v) is 3.74. The van der Waals surface area contributed by atoms with E-state index in [1.165, 1.54) is 12.1 Å². The van der Waals surface area contributed by atoms with Crippen LogP contribution in [0.25, 0.3) is 0 Å². The lowest BCUT2D eigenvalue weighted by Crippen LogP contribution is -2.23. The van der Waals surface area contributed by atoms with E-state index in [0.717, 1.165) is 22.6 Å². The molecule has 0 spiro atoms. The highest BCUT2D eigenvalue weighted by Gasteiger charge is 2.29. The highest BCUT2D eigenvalue weighted by atomic mass is 19.1. The minimum atomic E-state index is -0.312. The van der Waals surface area contributed by atoms with Crippen LogP contribution in [-0.4, -0.2) is 20.0 Å². The van der Waals surface area contributed by atoms with Gasteiger partial charge in [0.2, 0.25) is 5.91 Å². The number of fused-ring (bicyclic) bond motifs is 1. The number of carbonyl (C=O) groups excluding carboxylic acids is 1. The van der Waals surface area contributed by atoms with Crippen LogP contribution in [0.5, 0.6) is 0 Å². The van der Waals surface area contributed by atoms with Crippen LogP contribution in [0.1, 0.15) is 11.6 Å². The van der Waals surface area contributed by atoms with Gasteiger partial charge in [-0.15, -0.1) is 0 Å². The molecule has 0 radical (unpaired) electrons. The number of halogens is 1. The zero-order valence-electron chi connectivity index (χ0n) is 11.9. The second-order valence-electron chi connectivity index (χ2n) is 5.02. The van der Waals surface area contributed by atoms with Gasteiger partial charge in [-0.3, -0.25) is 4.79 Å². The normalized spacial score (nSPS) is 16.5. The summed E-state index contributed by atoms with van der Waals surface area (Å²) < 4.78 is 13.3. The highest BCUT2D eigenvalue weighted by Crippen LogP contribution is 2.35. The van der Waals surface area contributed by atoms with Gasteiger partial charge in [0.25, 0.3) is 0 Å². The van der Waals surface area contributed by atoms with E-state index in [2.05, 4.69) is 10.6 Å². The summed E-state index contributed by atoms with van der Waals surface area (Å²) in [5, 5.41) is 5.84. The molecule has 1 unspecified atom stereocenters. The van der Waals surface area contributed by atoms with Crippen molar-refractivity contribution in [2.45, 2.75) is 6.04 Å². The van der Waals surface area contributed by atoms with Gasteiger partial charge in [-0.2, -0.15) is 0 Å². The largest absolute Gasteiger partial charge is 0.344 e. The number of carbonyl (C=O) groups is 1. The number of hydrogen-bond donors (Lipinski definition) is 2. The Morgan fingerprint density at radius 1 is 1.19 bits per heavy atom. The average Bonchev–Trinajstić information content (AvgIpc) is 2.80. The third-order valence-electron chi connectivity index (χ3n) is 3.74. The smallest absolute Gasteiger partial charge is 0.246 e. The number of amides is 1. The first-order valence-corrected chi connectivity index (χ1v) is 6.71. The van der Waals surface area contributed by atoms with Gasteiger partial charge in [0.05, 0.1) is 0 Å². The molecule has 0 aromatic heterocycles. The fourth-order valence-corrected chi connectivity index (χ4v) is 2.58. The van der Waals surface area contributed by atoms with Gasteiger partial charge < -0.3 is 15.5 Å². The van der Waals surface area contributed by atoms with E-state index in [0.29, 0.717) is 0 Å². The molecule has 0 saturated carbocycles. The number of nitrogens with zero attached hydrogens (tertiary/aromatic N) is 1. The van der Waals surface area contributed by atoms with Crippen LogP contribution in [0.3, 0.4) is 0 Å². The Labute approximate surface area is 122 Å². The molecular weight excluding hydrogens is 269 g/mol. The molecule has 1 aliphatic rings. The highest BCUT2D eigenvalue weighted by molar-refractivity contribution is 6.03. The van der Waals surface area contributed by atoms with Crippen LogP contribution in [0.2, 0.25) is 0 Å². The predicted octanol–water partition coefficient (Wildman–Crippen LogP) is 2.81. The van der Waals surface area contributed by atoms with Crippen LogP contribution in [0.4, 0.5) is 21.5 Å². The van der Waals surface area contributed by atoms with E-state index < -0.39 is 0 Å². The van der Waals surface area contributed by atoms with Crippen molar-refractivity contribution in [3.8, 4) is 0 Å². The topological polar surface area (TPSA) is 44.4 Å². The van der Waals surface area contributed by atoms with Gasteiger partial charge in [0.15, 0.2) is 0 Å². The Kier molecular flexibility index (Phi) is 3.35. The van der Waals surface area contributed by atoms with Crippen LogP contribution in [0.15, 0.2) is 42.5 Å². The number of nitrogens with one attached hydrogen (secondary N) is 2. The molecule has 0 bridgehead atoms. The summed E-state index contributed by atoms with van der Waals surface area (Å²) in [4.78, 5) is 13.7. The molecule has 108 valence electrons. The summed E-state index contributed by atoms with van der Waals surface area (Å²) in [5.74, 6) is -0.331. The van der Waals surface area contributed by atoms with Gasteiger partial charge in [0, 0.05) is 29.7 Å². The summed E-state index contributed by atoms with van der Waals surface area (Å²) in [7, 11) is 3.62. The number of benzene rings is 2.